The van der Waals surface area contributed by atoms with Crippen molar-refractivity contribution < 1.29 is 4.74 Å². The minimum absolute atomic E-state index is 0.821. The molecule has 1 N–H and O–H groups in total. The third kappa shape index (κ3) is 7.73. The van der Waals surface area contributed by atoms with Crippen molar-refractivity contribution in [3.63, 3.8) is 0 Å². The first-order chi connectivity index (χ1) is 9.22. The average Bonchev–Trinajstić information content (AvgIpc) is 2.39. The van der Waals surface area contributed by atoms with E-state index in [9.17, 15) is 0 Å². The van der Waals surface area contributed by atoms with Crippen molar-refractivity contribution in [2.75, 3.05) is 39.1 Å². The van der Waals surface area contributed by atoms with Gasteiger partial charge in [-0.15, -0.1) is 0 Å². The zero-order valence-corrected chi connectivity index (χ0v) is 12.6. The van der Waals surface area contributed by atoms with Crippen LogP contribution >= 0.6 is 0 Å². The van der Waals surface area contributed by atoms with Gasteiger partial charge in [0.05, 0.1) is 6.61 Å². The van der Waals surface area contributed by atoms with Crippen LogP contribution < -0.4 is 10.1 Å². The Hall–Kier alpha value is -1.22. The summed E-state index contributed by atoms with van der Waals surface area (Å²) in [7, 11) is 4.16. The molecule has 0 fully saturated rings. The molecule has 3 heteroatoms. The second-order valence-electron chi connectivity index (χ2n) is 5.17. The van der Waals surface area contributed by atoms with Gasteiger partial charge in [0.15, 0.2) is 0 Å². The fraction of sp³-hybridized carbons (Fsp3) is 0.625. The van der Waals surface area contributed by atoms with Gasteiger partial charge in [-0.3, -0.25) is 0 Å². The van der Waals surface area contributed by atoms with E-state index >= 15 is 0 Å². The summed E-state index contributed by atoms with van der Waals surface area (Å²) in [6.45, 7) is 5.03. The molecule has 0 aliphatic rings. The molecule has 1 aromatic rings. The van der Waals surface area contributed by atoms with Crippen LogP contribution in [0, 0.1) is 0 Å². The molecule has 0 unspecified atom stereocenters. The van der Waals surface area contributed by atoms with Gasteiger partial charge in [-0.2, -0.15) is 0 Å². The lowest BCUT2D eigenvalue weighted by Gasteiger charge is -2.12. The Labute approximate surface area is 118 Å². The van der Waals surface area contributed by atoms with Crippen LogP contribution in [0.3, 0.4) is 0 Å². The summed E-state index contributed by atoms with van der Waals surface area (Å²) in [6, 6.07) is 8.23. The Balaban J connectivity index is 2.27. The first-order valence-corrected chi connectivity index (χ1v) is 7.34. The van der Waals surface area contributed by atoms with Crippen LogP contribution in [0.1, 0.15) is 32.6 Å². The Morgan fingerprint density at radius 3 is 2.74 bits per heavy atom. The number of nitrogens with zero attached hydrogens (tertiary/aromatic N) is 1. The predicted octanol–water partition coefficient (Wildman–Crippen LogP) is 3.62. The maximum Gasteiger partial charge on any atom is 0.121 e. The first-order valence-electron chi connectivity index (χ1n) is 7.34. The van der Waals surface area contributed by atoms with Crippen molar-refractivity contribution >= 4 is 5.69 Å². The minimum atomic E-state index is 0.821. The van der Waals surface area contributed by atoms with Crippen LogP contribution in [0.4, 0.5) is 5.69 Å². The van der Waals surface area contributed by atoms with Gasteiger partial charge in [-0.1, -0.05) is 32.3 Å². The van der Waals surface area contributed by atoms with Gasteiger partial charge in [0.2, 0.25) is 0 Å². The lowest BCUT2D eigenvalue weighted by atomic mass is 10.2. The molecule has 0 heterocycles. The zero-order valence-electron chi connectivity index (χ0n) is 12.6. The summed E-state index contributed by atoms with van der Waals surface area (Å²) < 4.78 is 5.77. The molecule has 0 spiro atoms. The van der Waals surface area contributed by atoms with Gasteiger partial charge in [-0.05, 0) is 32.6 Å². The quantitative estimate of drug-likeness (QED) is 0.653. The molecule has 0 bridgehead atoms. The van der Waals surface area contributed by atoms with Crippen molar-refractivity contribution in [2.45, 2.75) is 32.6 Å². The molecule has 19 heavy (non-hydrogen) atoms. The van der Waals surface area contributed by atoms with Gasteiger partial charge >= 0.3 is 0 Å². The number of hydrogen-bond donors (Lipinski definition) is 1. The van der Waals surface area contributed by atoms with Crippen molar-refractivity contribution in [3.05, 3.63) is 24.3 Å². The third-order valence-electron chi connectivity index (χ3n) is 2.99. The molecule has 0 atom stereocenters. The normalized spacial score (nSPS) is 10.7. The van der Waals surface area contributed by atoms with Crippen LogP contribution in [0.15, 0.2) is 24.3 Å². The first kappa shape index (κ1) is 15.8. The van der Waals surface area contributed by atoms with E-state index < -0.39 is 0 Å². The van der Waals surface area contributed by atoms with E-state index in [1.807, 2.05) is 12.1 Å². The molecular formula is C16H28N2O. The van der Waals surface area contributed by atoms with Crippen molar-refractivity contribution in [2.24, 2.45) is 0 Å². The van der Waals surface area contributed by atoms with E-state index in [0.717, 1.165) is 37.6 Å². The molecule has 1 aromatic carbocycles. The zero-order chi connectivity index (χ0) is 13.9. The number of rotatable bonds is 10. The maximum absolute atomic E-state index is 5.77. The van der Waals surface area contributed by atoms with E-state index in [-0.39, 0.29) is 0 Å². The van der Waals surface area contributed by atoms with E-state index in [0.29, 0.717) is 0 Å². The van der Waals surface area contributed by atoms with E-state index in [2.05, 4.69) is 43.4 Å². The second-order valence-corrected chi connectivity index (χ2v) is 5.17. The van der Waals surface area contributed by atoms with Gasteiger partial charge < -0.3 is 15.0 Å². The van der Waals surface area contributed by atoms with E-state index in [1.165, 1.54) is 19.3 Å². The maximum atomic E-state index is 5.77. The van der Waals surface area contributed by atoms with Crippen molar-refractivity contribution in [3.8, 4) is 5.75 Å². The molecule has 0 saturated heterocycles. The van der Waals surface area contributed by atoms with Gasteiger partial charge in [0, 0.05) is 24.8 Å². The van der Waals surface area contributed by atoms with E-state index in [1.54, 1.807) is 0 Å². The molecule has 0 radical (unpaired) electrons. The summed E-state index contributed by atoms with van der Waals surface area (Å²) in [6.07, 6.45) is 4.98. The van der Waals surface area contributed by atoms with Gasteiger partial charge in [-0.25, -0.2) is 0 Å². The fourth-order valence-corrected chi connectivity index (χ4v) is 1.84. The Bertz CT molecular complexity index is 339. The number of nitrogens with one attached hydrogen (secondary N) is 1. The van der Waals surface area contributed by atoms with E-state index in [4.69, 9.17) is 4.74 Å². The van der Waals surface area contributed by atoms with Crippen LogP contribution in [-0.4, -0.2) is 38.7 Å². The van der Waals surface area contributed by atoms with Crippen molar-refractivity contribution in [1.82, 2.24) is 4.90 Å². The van der Waals surface area contributed by atoms with Crippen LogP contribution in [0.2, 0.25) is 0 Å². The Morgan fingerprint density at radius 1 is 1.16 bits per heavy atom. The van der Waals surface area contributed by atoms with Crippen LogP contribution in [0.25, 0.3) is 0 Å². The van der Waals surface area contributed by atoms with Crippen LogP contribution in [0.5, 0.6) is 5.75 Å². The lowest BCUT2D eigenvalue weighted by molar-refractivity contribution is 0.305. The fourth-order valence-electron chi connectivity index (χ4n) is 1.84. The third-order valence-corrected chi connectivity index (χ3v) is 2.99. The molecule has 0 aliphatic carbocycles. The Kier molecular flexibility index (Phi) is 8.07. The van der Waals surface area contributed by atoms with Crippen molar-refractivity contribution in [1.29, 1.82) is 0 Å². The highest BCUT2D eigenvalue weighted by atomic mass is 16.5. The predicted molar refractivity (Wildman–Crippen MR) is 83.1 cm³/mol. The summed E-state index contributed by atoms with van der Waals surface area (Å²) in [5, 5.41) is 3.41. The molecule has 1 rings (SSSR count). The number of anilines is 1. The summed E-state index contributed by atoms with van der Waals surface area (Å²) >= 11 is 0. The smallest absolute Gasteiger partial charge is 0.121 e. The molecule has 0 aromatic heterocycles. The number of benzene rings is 1. The average molecular weight is 264 g/mol. The second kappa shape index (κ2) is 9.68. The highest BCUT2D eigenvalue weighted by Gasteiger charge is 1.97. The molecule has 0 saturated carbocycles. The monoisotopic (exact) mass is 264 g/mol. The van der Waals surface area contributed by atoms with Crippen LogP contribution in [-0.2, 0) is 0 Å². The standard InChI is InChI=1S/C16H28N2O/c1-4-5-6-7-13-19-16-10-8-9-15(14-16)17-11-12-18(2)3/h8-10,14,17H,4-7,11-13H2,1-3H3. The largest absolute Gasteiger partial charge is 0.494 e. The number of unbranched alkanes of at least 4 members (excludes halogenated alkanes) is 3. The summed E-state index contributed by atoms with van der Waals surface area (Å²) in [5.41, 5.74) is 1.13. The molecule has 3 nitrogen and oxygen atoms in total. The lowest BCUT2D eigenvalue weighted by Crippen LogP contribution is -2.20. The molecule has 108 valence electrons. The summed E-state index contributed by atoms with van der Waals surface area (Å²) in [4.78, 5) is 2.17. The molecule has 0 amide bonds. The SMILES string of the molecule is CCCCCCOc1cccc(NCCN(C)C)c1. The Morgan fingerprint density at radius 2 is 2.00 bits per heavy atom. The minimum Gasteiger partial charge on any atom is -0.494 e. The summed E-state index contributed by atoms with van der Waals surface area (Å²) in [5.74, 6) is 0.964. The van der Waals surface area contributed by atoms with Gasteiger partial charge in [0.25, 0.3) is 0 Å². The van der Waals surface area contributed by atoms with Gasteiger partial charge in [0.1, 0.15) is 5.75 Å². The number of likely N-dealkylation sites (N-methyl/N-ethyl adjacent to an activating group) is 1. The topological polar surface area (TPSA) is 24.5 Å². The number of ether oxygens (including phenoxy) is 1. The molecule has 0 aliphatic heterocycles. The molecular weight excluding hydrogens is 236 g/mol. The number of hydrogen-bond acceptors (Lipinski definition) is 3. The highest BCUT2D eigenvalue weighted by molar-refractivity contribution is 5.48. The highest BCUT2D eigenvalue weighted by Crippen LogP contribution is 2.17.